The number of primary amides is 1. The Balaban J connectivity index is 2.21. The van der Waals surface area contributed by atoms with Crippen molar-refractivity contribution in [2.75, 3.05) is 0 Å². The van der Waals surface area contributed by atoms with E-state index in [0.29, 0.717) is 11.1 Å². The Morgan fingerprint density at radius 2 is 2.00 bits per heavy atom. The summed E-state index contributed by atoms with van der Waals surface area (Å²) in [5.74, 6) is -0.466. The molecule has 0 atom stereocenters. The van der Waals surface area contributed by atoms with Crippen LogP contribution in [0, 0.1) is 0 Å². The number of fused-ring (bicyclic) bond motifs is 1. The maximum Gasteiger partial charge on any atom is 0.252 e. The molecule has 96 valence electrons. The van der Waals surface area contributed by atoms with E-state index in [4.69, 9.17) is 5.73 Å². The third-order valence-electron chi connectivity index (χ3n) is 3.13. The molecule has 3 aromatic rings. The van der Waals surface area contributed by atoms with Gasteiger partial charge in [0, 0.05) is 43.8 Å². The van der Waals surface area contributed by atoms with Gasteiger partial charge in [-0.25, -0.2) is 0 Å². The number of hydrogen-bond donors (Lipinski definition) is 1. The molecule has 0 bridgehead atoms. The van der Waals surface area contributed by atoms with E-state index < -0.39 is 5.91 Å². The number of nitrogens with two attached hydrogens (primary N) is 1. The van der Waals surface area contributed by atoms with Crippen molar-refractivity contribution < 1.29 is 4.79 Å². The number of carbonyl (C=O) groups excluding carboxylic acids is 1. The summed E-state index contributed by atoms with van der Waals surface area (Å²) in [7, 11) is 3.73. The van der Waals surface area contributed by atoms with Crippen molar-refractivity contribution in [2.24, 2.45) is 19.8 Å². The second-order valence-electron chi connectivity index (χ2n) is 4.51. The lowest BCUT2D eigenvalue weighted by atomic mass is 10.1. The highest BCUT2D eigenvalue weighted by molar-refractivity contribution is 6.05. The Kier molecular flexibility index (Phi) is 2.38. The SMILES string of the molecule is Cn1cc(-c2cnc3c(C(N)=O)cn(C)c3c2)cn1. The fourth-order valence-electron chi connectivity index (χ4n) is 2.16. The van der Waals surface area contributed by atoms with Crippen molar-refractivity contribution in [3.05, 3.63) is 36.4 Å². The Bertz CT molecular complexity index is 784. The second kappa shape index (κ2) is 3.94. The molecule has 3 rings (SSSR count). The first kappa shape index (κ1) is 11.5. The number of pyridine rings is 1. The summed E-state index contributed by atoms with van der Waals surface area (Å²) in [5, 5.41) is 4.14. The smallest absolute Gasteiger partial charge is 0.252 e. The van der Waals surface area contributed by atoms with Gasteiger partial charge in [0.05, 0.1) is 17.3 Å². The van der Waals surface area contributed by atoms with E-state index in [2.05, 4.69) is 10.1 Å². The van der Waals surface area contributed by atoms with Crippen LogP contribution in [0.15, 0.2) is 30.9 Å². The molecular weight excluding hydrogens is 242 g/mol. The lowest BCUT2D eigenvalue weighted by Gasteiger charge is -2.00. The molecule has 0 fully saturated rings. The molecule has 0 aliphatic rings. The highest BCUT2D eigenvalue weighted by atomic mass is 16.1. The van der Waals surface area contributed by atoms with Crippen LogP contribution in [0.2, 0.25) is 0 Å². The summed E-state index contributed by atoms with van der Waals surface area (Å²) in [6.07, 6.45) is 7.13. The molecule has 0 radical (unpaired) electrons. The molecule has 0 aromatic carbocycles. The molecule has 0 aliphatic carbocycles. The Labute approximate surface area is 109 Å². The predicted molar refractivity (Wildman–Crippen MR) is 71.4 cm³/mol. The van der Waals surface area contributed by atoms with Crippen LogP contribution in [-0.2, 0) is 14.1 Å². The summed E-state index contributed by atoms with van der Waals surface area (Å²) >= 11 is 0. The van der Waals surface area contributed by atoms with E-state index in [1.165, 1.54) is 0 Å². The molecule has 0 aliphatic heterocycles. The van der Waals surface area contributed by atoms with Gasteiger partial charge in [0.15, 0.2) is 0 Å². The minimum absolute atomic E-state index is 0.440. The summed E-state index contributed by atoms with van der Waals surface area (Å²) in [6, 6.07) is 1.98. The van der Waals surface area contributed by atoms with Crippen LogP contribution >= 0.6 is 0 Å². The molecule has 0 unspecified atom stereocenters. The third kappa shape index (κ3) is 1.77. The first-order valence-electron chi connectivity index (χ1n) is 5.80. The fraction of sp³-hybridized carbons (Fsp3) is 0.154. The first-order chi connectivity index (χ1) is 9.06. The predicted octanol–water partition coefficient (Wildman–Crippen LogP) is 1.07. The van der Waals surface area contributed by atoms with Crippen LogP contribution < -0.4 is 5.73 Å². The second-order valence-corrected chi connectivity index (χ2v) is 4.51. The summed E-state index contributed by atoms with van der Waals surface area (Å²) in [4.78, 5) is 15.7. The van der Waals surface area contributed by atoms with Crippen LogP contribution in [0.1, 0.15) is 10.4 Å². The number of aryl methyl sites for hydroxylation is 2. The zero-order valence-electron chi connectivity index (χ0n) is 10.7. The molecule has 0 saturated heterocycles. The minimum atomic E-state index is -0.466. The number of hydrogen-bond acceptors (Lipinski definition) is 3. The number of aromatic nitrogens is 4. The van der Waals surface area contributed by atoms with Crippen molar-refractivity contribution in [3.63, 3.8) is 0 Å². The van der Waals surface area contributed by atoms with Gasteiger partial charge in [-0.2, -0.15) is 5.10 Å². The number of nitrogens with zero attached hydrogens (tertiary/aromatic N) is 4. The van der Waals surface area contributed by atoms with E-state index in [1.54, 1.807) is 23.3 Å². The molecule has 19 heavy (non-hydrogen) atoms. The highest BCUT2D eigenvalue weighted by Gasteiger charge is 2.13. The summed E-state index contributed by atoms with van der Waals surface area (Å²) in [6.45, 7) is 0. The van der Waals surface area contributed by atoms with Gasteiger partial charge in [0.1, 0.15) is 5.52 Å². The number of amides is 1. The van der Waals surface area contributed by atoms with Gasteiger partial charge < -0.3 is 10.3 Å². The quantitative estimate of drug-likeness (QED) is 0.744. The minimum Gasteiger partial charge on any atom is -0.365 e. The van der Waals surface area contributed by atoms with Gasteiger partial charge in [0.25, 0.3) is 5.91 Å². The van der Waals surface area contributed by atoms with Crippen molar-refractivity contribution >= 4 is 16.9 Å². The van der Waals surface area contributed by atoms with Crippen LogP contribution in [0.3, 0.4) is 0 Å². The molecule has 3 aromatic heterocycles. The van der Waals surface area contributed by atoms with Crippen molar-refractivity contribution in [1.82, 2.24) is 19.3 Å². The standard InChI is InChI=1S/C13H13N5O/c1-17-7-10(13(14)19)12-11(17)3-8(4-15-12)9-5-16-18(2)6-9/h3-7H,1-2H3,(H2,14,19). The van der Waals surface area contributed by atoms with E-state index in [-0.39, 0.29) is 0 Å². The largest absolute Gasteiger partial charge is 0.365 e. The number of carbonyl (C=O) groups is 1. The normalized spacial score (nSPS) is 11.1. The van der Waals surface area contributed by atoms with E-state index in [1.807, 2.05) is 30.9 Å². The zero-order valence-corrected chi connectivity index (χ0v) is 10.7. The molecular formula is C13H13N5O. The van der Waals surface area contributed by atoms with Crippen LogP contribution in [0.5, 0.6) is 0 Å². The van der Waals surface area contributed by atoms with Crippen molar-refractivity contribution in [3.8, 4) is 11.1 Å². The highest BCUT2D eigenvalue weighted by Crippen LogP contribution is 2.24. The Hall–Kier alpha value is -2.63. The third-order valence-corrected chi connectivity index (χ3v) is 3.13. The summed E-state index contributed by atoms with van der Waals surface area (Å²) in [5.41, 5.74) is 9.22. The monoisotopic (exact) mass is 255 g/mol. The van der Waals surface area contributed by atoms with Gasteiger partial charge in [-0.15, -0.1) is 0 Å². The van der Waals surface area contributed by atoms with Crippen LogP contribution in [-0.4, -0.2) is 25.2 Å². The van der Waals surface area contributed by atoms with Crippen LogP contribution in [0.25, 0.3) is 22.2 Å². The van der Waals surface area contributed by atoms with Gasteiger partial charge in [0.2, 0.25) is 0 Å². The maximum atomic E-state index is 11.3. The van der Waals surface area contributed by atoms with Crippen LogP contribution in [0.4, 0.5) is 0 Å². The molecule has 6 heteroatoms. The van der Waals surface area contributed by atoms with Crippen molar-refractivity contribution in [2.45, 2.75) is 0 Å². The lowest BCUT2D eigenvalue weighted by molar-refractivity contribution is 0.100. The van der Waals surface area contributed by atoms with Gasteiger partial charge >= 0.3 is 0 Å². The molecule has 0 saturated carbocycles. The topological polar surface area (TPSA) is 78.7 Å². The summed E-state index contributed by atoms with van der Waals surface area (Å²) < 4.78 is 3.58. The maximum absolute atomic E-state index is 11.3. The fourth-order valence-corrected chi connectivity index (χ4v) is 2.16. The first-order valence-corrected chi connectivity index (χ1v) is 5.80. The van der Waals surface area contributed by atoms with Gasteiger partial charge in [-0.05, 0) is 6.07 Å². The van der Waals surface area contributed by atoms with Gasteiger partial charge in [-0.1, -0.05) is 0 Å². The molecule has 1 amide bonds. The molecule has 2 N–H and O–H groups in total. The average Bonchev–Trinajstić information content (AvgIpc) is 2.94. The molecule has 0 spiro atoms. The van der Waals surface area contributed by atoms with E-state index >= 15 is 0 Å². The molecule has 3 heterocycles. The Morgan fingerprint density at radius 3 is 2.63 bits per heavy atom. The van der Waals surface area contributed by atoms with E-state index in [9.17, 15) is 4.79 Å². The lowest BCUT2D eigenvalue weighted by Crippen LogP contribution is -2.10. The zero-order chi connectivity index (χ0) is 13.6. The molecule has 6 nitrogen and oxygen atoms in total. The average molecular weight is 255 g/mol. The van der Waals surface area contributed by atoms with Gasteiger partial charge in [-0.3, -0.25) is 14.5 Å². The number of rotatable bonds is 2. The van der Waals surface area contributed by atoms with Crippen molar-refractivity contribution in [1.29, 1.82) is 0 Å². The Morgan fingerprint density at radius 1 is 1.21 bits per heavy atom. The van der Waals surface area contributed by atoms with E-state index in [0.717, 1.165) is 16.6 Å².